The Labute approximate surface area is 154 Å². The molecule has 0 amide bonds. The van der Waals surface area contributed by atoms with Crippen LogP contribution in [-0.2, 0) is 3.79 Å². The van der Waals surface area contributed by atoms with Crippen LogP contribution in [0.4, 0.5) is 0 Å². The minimum Gasteiger partial charge on any atom is -0.490 e. The molecular weight excluding hydrogens is 379 g/mol. The molecule has 1 heterocycles. The summed E-state index contributed by atoms with van der Waals surface area (Å²) in [5, 5.41) is 7.66. The lowest BCUT2D eigenvalue weighted by molar-refractivity contribution is 0.261. The van der Waals surface area contributed by atoms with E-state index in [9.17, 15) is 0 Å². The van der Waals surface area contributed by atoms with E-state index in [2.05, 4.69) is 10.2 Å². The molecule has 0 saturated heterocycles. The summed E-state index contributed by atoms with van der Waals surface area (Å²) in [6, 6.07) is 3.43. The molecule has 0 aliphatic heterocycles. The molecule has 6 nitrogen and oxygen atoms in total. The monoisotopic (exact) mass is 394 g/mol. The van der Waals surface area contributed by atoms with E-state index in [1.54, 1.807) is 12.1 Å². The zero-order valence-electron chi connectivity index (χ0n) is 13.4. The number of rotatable bonds is 7. The normalized spacial score (nSPS) is 11.4. The summed E-state index contributed by atoms with van der Waals surface area (Å²) < 4.78 is 20.6. The van der Waals surface area contributed by atoms with E-state index in [0.29, 0.717) is 42.6 Å². The molecule has 0 unspecified atom stereocenters. The molecule has 0 spiro atoms. The van der Waals surface area contributed by atoms with Gasteiger partial charge >= 0.3 is 0 Å². The van der Waals surface area contributed by atoms with Gasteiger partial charge < -0.3 is 18.6 Å². The van der Waals surface area contributed by atoms with Crippen LogP contribution in [0.2, 0.25) is 0 Å². The van der Waals surface area contributed by atoms with Gasteiger partial charge in [0.25, 0.3) is 9.68 Å². The Morgan fingerprint density at radius 2 is 1.46 bits per heavy atom. The second kappa shape index (κ2) is 8.14. The third kappa shape index (κ3) is 4.37. The first-order valence-corrected chi connectivity index (χ1v) is 8.51. The zero-order chi connectivity index (χ0) is 17.7. The highest BCUT2D eigenvalue weighted by atomic mass is 35.6. The van der Waals surface area contributed by atoms with Crippen molar-refractivity contribution in [3.05, 3.63) is 18.0 Å². The number of hydrogen-bond donors (Lipinski definition) is 0. The lowest BCUT2D eigenvalue weighted by Crippen LogP contribution is -2.03. The van der Waals surface area contributed by atoms with Crippen LogP contribution < -0.4 is 14.2 Å². The van der Waals surface area contributed by atoms with Crippen molar-refractivity contribution in [2.75, 3.05) is 19.8 Å². The van der Waals surface area contributed by atoms with Crippen LogP contribution in [0, 0.1) is 0 Å². The fourth-order valence-electron chi connectivity index (χ4n) is 1.97. The average Bonchev–Trinajstić information content (AvgIpc) is 3.01. The number of halogens is 3. The van der Waals surface area contributed by atoms with Gasteiger partial charge in [-0.2, -0.15) is 0 Å². The van der Waals surface area contributed by atoms with Crippen molar-refractivity contribution < 1.29 is 18.6 Å². The van der Waals surface area contributed by atoms with Crippen molar-refractivity contribution in [2.45, 2.75) is 24.6 Å². The second-order valence-electron chi connectivity index (χ2n) is 4.51. The van der Waals surface area contributed by atoms with Crippen LogP contribution in [0.15, 0.2) is 16.5 Å². The van der Waals surface area contributed by atoms with Crippen LogP contribution in [-0.4, -0.2) is 30.0 Å². The lowest BCUT2D eigenvalue weighted by Gasteiger charge is -2.16. The summed E-state index contributed by atoms with van der Waals surface area (Å²) in [5.41, 5.74) is 0.568. The number of hydrogen-bond acceptors (Lipinski definition) is 6. The minimum atomic E-state index is -1.79. The first-order chi connectivity index (χ1) is 11.4. The molecule has 0 aliphatic carbocycles. The zero-order valence-corrected chi connectivity index (χ0v) is 15.7. The Morgan fingerprint density at radius 1 is 0.917 bits per heavy atom. The number of ether oxygens (including phenoxy) is 3. The van der Waals surface area contributed by atoms with Crippen LogP contribution >= 0.6 is 34.8 Å². The Bertz CT molecular complexity index is 659. The van der Waals surface area contributed by atoms with E-state index in [1.165, 1.54) is 0 Å². The molecule has 0 atom stereocenters. The van der Waals surface area contributed by atoms with E-state index in [0.717, 1.165) is 0 Å². The first kappa shape index (κ1) is 19.0. The van der Waals surface area contributed by atoms with Crippen molar-refractivity contribution >= 4 is 34.8 Å². The summed E-state index contributed by atoms with van der Waals surface area (Å²) in [4.78, 5) is 0. The first-order valence-electron chi connectivity index (χ1n) is 7.38. The van der Waals surface area contributed by atoms with Gasteiger partial charge in [-0.25, -0.2) is 0 Å². The van der Waals surface area contributed by atoms with Crippen molar-refractivity contribution in [1.82, 2.24) is 10.2 Å². The fraction of sp³-hybridized carbons (Fsp3) is 0.467. The Kier molecular flexibility index (Phi) is 6.43. The van der Waals surface area contributed by atoms with Gasteiger partial charge in [0.1, 0.15) is 0 Å². The molecule has 24 heavy (non-hydrogen) atoms. The van der Waals surface area contributed by atoms with Gasteiger partial charge in [-0.1, -0.05) is 34.8 Å². The third-order valence-corrected chi connectivity index (χ3v) is 3.31. The van der Waals surface area contributed by atoms with E-state index in [1.807, 2.05) is 20.8 Å². The molecule has 0 N–H and O–H groups in total. The number of benzene rings is 1. The SMILES string of the molecule is CCOc1cc(-c2nnc(C(Cl)(Cl)Cl)o2)cc(OCC)c1OCC. The summed E-state index contributed by atoms with van der Waals surface area (Å²) in [6.07, 6.45) is 0. The van der Waals surface area contributed by atoms with E-state index in [-0.39, 0.29) is 11.8 Å². The molecule has 0 saturated carbocycles. The number of alkyl halides is 3. The standard InChI is InChI=1S/C15H17Cl3N2O4/c1-4-21-10-7-9(8-11(22-5-2)12(10)23-6-3)13-19-20-14(24-13)15(16,17)18/h7-8H,4-6H2,1-3H3. The Balaban J connectivity index is 2.51. The summed E-state index contributed by atoms with van der Waals surface area (Å²) in [5.74, 6) is 1.60. The van der Waals surface area contributed by atoms with E-state index < -0.39 is 3.79 Å². The van der Waals surface area contributed by atoms with Gasteiger partial charge in [0, 0.05) is 5.56 Å². The van der Waals surface area contributed by atoms with Gasteiger partial charge in [-0.05, 0) is 32.9 Å². The highest BCUT2D eigenvalue weighted by Crippen LogP contribution is 2.43. The van der Waals surface area contributed by atoms with Crippen LogP contribution in [0.5, 0.6) is 17.2 Å². The van der Waals surface area contributed by atoms with Crippen LogP contribution in [0.25, 0.3) is 11.5 Å². The molecule has 1 aromatic carbocycles. The van der Waals surface area contributed by atoms with Crippen LogP contribution in [0.1, 0.15) is 26.7 Å². The Morgan fingerprint density at radius 3 is 1.88 bits per heavy atom. The summed E-state index contributed by atoms with van der Waals surface area (Å²) in [6.45, 7) is 7.01. The molecule has 0 bridgehead atoms. The average molecular weight is 396 g/mol. The van der Waals surface area contributed by atoms with Crippen LogP contribution in [0.3, 0.4) is 0 Å². The molecule has 2 aromatic rings. The predicted octanol–water partition coefficient (Wildman–Crippen LogP) is 4.76. The quantitative estimate of drug-likeness (QED) is 0.630. The summed E-state index contributed by atoms with van der Waals surface area (Å²) in [7, 11) is 0. The largest absolute Gasteiger partial charge is 0.490 e. The fourth-order valence-corrected chi connectivity index (χ4v) is 2.20. The van der Waals surface area contributed by atoms with Crippen molar-refractivity contribution in [3.63, 3.8) is 0 Å². The molecule has 132 valence electrons. The van der Waals surface area contributed by atoms with E-state index in [4.69, 9.17) is 53.4 Å². The Hall–Kier alpha value is -1.37. The third-order valence-electron chi connectivity index (χ3n) is 2.82. The molecule has 0 radical (unpaired) electrons. The van der Waals surface area contributed by atoms with Crippen molar-refractivity contribution in [3.8, 4) is 28.7 Å². The molecule has 0 fully saturated rings. The van der Waals surface area contributed by atoms with Crippen molar-refractivity contribution in [1.29, 1.82) is 0 Å². The highest BCUT2D eigenvalue weighted by Gasteiger charge is 2.31. The van der Waals surface area contributed by atoms with Gasteiger partial charge in [-0.15, -0.1) is 10.2 Å². The highest BCUT2D eigenvalue weighted by molar-refractivity contribution is 6.66. The maximum absolute atomic E-state index is 5.75. The molecule has 2 rings (SSSR count). The maximum Gasteiger partial charge on any atom is 0.268 e. The maximum atomic E-state index is 5.75. The smallest absolute Gasteiger partial charge is 0.268 e. The second-order valence-corrected chi connectivity index (χ2v) is 6.79. The molecular formula is C15H17Cl3N2O4. The minimum absolute atomic E-state index is 0.118. The van der Waals surface area contributed by atoms with Gasteiger partial charge in [0.05, 0.1) is 19.8 Å². The molecule has 9 heteroatoms. The van der Waals surface area contributed by atoms with Gasteiger partial charge in [0.15, 0.2) is 11.5 Å². The topological polar surface area (TPSA) is 66.6 Å². The lowest BCUT2D eigenvalue weighted by atomic mass is 10.2. The van der Waals surface area contributed by atoms with Gasteiger partial charge in [-0.3, -0.25) is 0 Å². The number of nitrogens with zero attached hydrogens (tertiary/aromatic N) is 2. The predicted molar refractivity (Wildman–Crippen MR) is 92.5 cm³/mol. The van der Waals surface area contributed by atoms with Crippen molar-refractivity contribution in [2.24, 2.45) is 0 Å². The summed E-state index contributed by atoms with van der Waals surface area (Å²) >= 11 is 17.3. The van der Waals surface area contributed by atoms with Gasteiger partial charge in [0.2, 0.25) is 11.6 Å². The molecule has 0 aliphatic rings. The molecule has 1 aromatic heterocycles. The number of aromatic nitrogens is 2. The van der Waals surface area contributed by atoms with E-state index >= 15 is 0 Å².